The molecule has 0 aromatic carbocycles. The van der Waals surface area contributed by atoms with Crippen LogP contribution >= 0.6 is 0 Å². The third kappa shape index (κ3) is 3.24. The first-order valence-corrected chi connectivity index (χ1v) is 4.75. The molecule has 0 heterocycles. The molecule has 0 saturated carbocycles. The van der Waals surface area contributed by atoms with Crippen LogP contribution < -0.4 is 0 Å². The van der Waals surface area contributed by atoms with Crippen LogP contribution in [-0.4, -0.2) is 20.2 Å². The molecule has 0 aromatic heterocycles. The maximum absolute atomic E-state index is 10.8. The van der Waals surface area contributed by atoms with E-state index in [0.29, 0.717) is 6.42 Å². The highest BCUT2D eigenvalue weighted by atomic mass is 16.5. The van der Waals surface area contributed by atoms with Crippen molar-refractivity contribution in [3.63, 3.8) is 0 Å². The Hall–Kier alpha value is -1.25. The molecule has 0 aromatic rings. The second-order valence-electron chi connectivity index (χ2n) is 3.27. The minimum atomic E-state index is -0.136. The van der Waals surface area contributed by atoms with Crippen molar-refractivity contribution in [2.45, 2.75) is 25.7 Å². The number of esters is 1. The highest BCUT2D eigenvalue weighted by molar-refractivity contribution is 5.69. The first-order chi connectivity index (χ1) is 6.76. The molecule has 14 heavy (non-hydrogen) atoms. The predicted octanol–water partition coefficient (Wildman–Crippen LogP) is 2.19. The van der Waals surface area contributed by atoms with Crippen molar-refractivity contribution in [2.24, 2.45) is 0 Å². The number of carbonyl (C=O) groups is 1. The van der Waals surface area contributed by atoms with E-state index in [2.05, 4.69) is 10.8 Å². The fourth-order valence-electron chi connectivity index (χ4n) is 1.43. The fraction of sp³-hybridized carbons (Fsp3) is 0.545. The molecule has 0 saturated heterocycles. The van der Waals surface area contributed by atoms with Gasteiger partial charge in [-0.2, -0.15) is 0 Å². The van der Waals surface area contributed by atoms with Crippen LogP contribution in [0.15, 0.2) is 23.5 Å². The lowest BCUT2D eigenvalue weighted by Gasteiger charge is -2.03. The second-order valence-corrected chi connectivity index (χ2v) is 3.27. The minimum Gasteiger partial charge on any atom is -0.501 e. The van der Waals surface area contributed by atoms with E-state index in [9.17, 15) is 4.79 Å². The summed E-state index contributed by atoms with van der Waals surface area (Å²) in [7, 11) is 3.10. The van der Waals surface area contributed by atoms with Crippen LogP contribution in [0.5, 0.6) is 0 Å². The van der Waals surface area contributed by atoms with Crippen molar-refractivity contribution >= 4 is 5.97 Å². The van der Waals surface area contributed by atoms with E-state index in [1.807, 2.05) is 6.08 Å². The Morgan fingerprint density at radius 2 is 2.21 bits per heavy atom. The lowest BCUT2D eigenvalue weighted by Crippen LogP contribution is -1.99. The molecule has 0 amide bonds. The van der Waals surface area contributed by atoms with E-state index in [1.165, 1.54) is 12.7 Å². The molecule has 1 rings (SSSR count). The van der Waals surface area contributed by atoms with Gasteiger partial charge in [-0.25, -0.2) is 0 Å². The summed E-state index contributed by atoms with van der Waals surface area (Å²) in [5, 5.41) is 0. The van der Waals surface area contributed by atoms with Gasteiger partial charge in [-0.15, -0.1) is 0 Å². The number of methoxy groups -OCH3 is 2. The van der Waals surface area contributed by atoms with E-state index < -0.39 is 0 Å². The summed E-state index contributed by atoms with van der Waals surface area (Å²) in [5.74, 6) is 0.863. The predicted molar refractivity (Wildman–Crippen MR) is 53.7 cm³/mol. The largest absolute Gasteiger partial charge is 0.501 e. The van der Waals surface area contributed by atoms with Crippen LogP contribution in [0.2, 0.25) is 0 Å². The SMILES string of the molecule is COC(=O)CCCC1=CC=C(OC)C1. The minimum absolute atomic E-state index is 0.136. The first kappa shape index (κ1) is 10.8. The third-order valence-electron chi connectivity index (χ3n) is 2.27. The van der Waals surface area contributed by atoms with E-state index in [-0.39, 0.29) is 5.97 Å². The summed E-state index contributed by atoms with van der Waals surface area (Å²) in [4.78, 5) is 10.8. The molecule has 0 atom stereocenters. The number of carbonyl (C=O) groups excluding carboxylic acids is 1. The Kier molecular flexibility index (Phi) is 4.23. The zero-order valence-corrected chi connectivity index (χ0v) is 8.71. The molecule has 3 nitrogen and oxygen atoms in total. The molecule has 0 fully saturated rings. The Balaban J connectivity index is 2.14. The van der Waals surface area contributed by atoms with Crippen molar-refractivity contribution in [3.05, 3.63) is 23.5 Å². The van der Waals surface area contributed by atoms with Gasteiger partial charge in [0.05, 0.1) is 20.0 Å². The van der Waals surface area contributed by atoms with E-state index in [1.54, 1.807) is 7.11 Å². The standard InChI is InChI=1S/C11H16O3/c1-13-10-7-6-9(8-10)4-3-5-11(12)14-2/h6-7H,3-5,8H2,1-2H3. The molecule has 0 aliphatic heterocycles. The van der Waals surface area contributed by atoms with Crippen LogP contribution in [0, 0.1) is 0 Å². The maximum atomic E-state index is 10.8. The summed E-state index contributed by atoms with van der Waals surface area (Å²) in [6, 6.07) is 0. The molecule has 3 heteroatoms. The van der Waals surface area contributed by atoms with Crippen molar-refractivity contribution in [3.8, 4) is 0 Å². The van der Waals surface area contributed by atoms with Crippen LogP contribution in [-0.2, 0) is 14.3 Å². The van der Waals surface area contributed by atoms with Gasteiger partial charge >= 0.3 is 5.97 Å². The Labute approximate surface area is 84.4 Å². The molecular weight excluding hydrogens is 180 g/mol. The van der Waals surface area contributed by atoms with Gasteiger partial charge in [0.15, 0.2) is 0 Å². The summed E-state index contributed by atoms with van der Waals surface area (Å²) < 4.78 is 9.67. The Morgan fingerprint density at radius 3 is 2.79 bits per heavy atom. The molecule has 78 valence electrons. The topological polar surface area (TPSA) is 35.5 Å². The fourth-order valence-corrected chi connectivity index (χ4v) is 1.43. The quantitative estimate of drug-likeness (QED) is 0.632. The lowest BCUT2D eigenvalue weighted by atomic mass is 10.1. The Bertz CT molecular complexity index is 264. The van der Waals surface area contributed by atoms with Gasteiger partial charge in [-0.05, 0) is 18.9 Å². The normalized spacial score (nSPS) is 14.7. The number of rotatable bonds is 5. The molecule has 0 bridgehead atoms. The van der Waals surface area contributed by atoms with Crippen LogP contribution in [0.25, 0.3) is 0 Å². The van der Waals surface area contributed by atoms with Crippen LogP contribution in [0.3, 0.4) is 0 Å². The van der Waals surface area contributed by atoms with Crippen LogP contribution in [0.4, 0.5) is 0 Å². The first-order valence-electron chi connectivity index (χ1n) is 4.75. The zero-order valence-electron chi connectivity index (χ0n) is 8.71. The van der Waals surface area contributed by atoms with E-state index >= 15 is 0 Å². The van der Waals surface area contributed by atoms with Gasteiger partial charge in [-0.1, -0.05) is 11.6 Å². The number of ether oxygens (including phenoxy) is 2. The summed E-state index contributed by atoms with van der Waals surface area (Å²) >= 11 is 0. The smallest absolute Gasteiger partial charge is 0.305 e. The average Bonchev–Trinajstić information content (AvgIpc) is 2.65. The summed E-state index contributed by atoms with van der Waals surface area (Å²) in [6.07, 6.45) is 7.22. The Morgan fingerprint density at radius 1 is 1.43 bits per heavy atom. The average molecular weight is 196 g/mol. The highest BCUT2D eigenvalue weighted by Crippen LogP contribution is 2.23. The number of hydrogen-bond acceptors (Lipinski definition) is 3. The van der Waals surface area contributed by atoms with Crippen LogP contribution in [0.1, 0.15) is 25.7 Å². The molecule has 0 unspecified atom stereocenters. The van der Waals surface area contributed by atoms with Crippen molar-refractivity contribution < 1.29 is 14.3 Å². The summed E-state index contributed by atoms with van der Waals surface area (Å²) in [5.41, 5.74) is 1.32. The zero-order chi connectivity index (χ0) is 10.4. The number of hydrogen-bond donors (Lipinski definition) is 0. The molecule has 0 spiro atoms. The third-order valence-corrected chi connectivity index (χ3v) is 2.27. The van der Waals surface area contributed by atoms with Gasteiger partial charge in [0.1, 0.15) is 0 Å². The van der Waals surface area contributed by atoms with Crippen molar-refractivity contribution in [1.82, 2.24) is 0 Å². The molecule has 1 aliphatic rings. The van der Waals surface area contributed by atoms with E-state index in [0.717, 1.165) is 25.0 Å². The van der Waals surface area contributed by atoms with Gasteiger partial charge in [0, 0.05) is 12.8 Å². The van der Waals surface area contributed by atoms with Gasteiger partial charge in [0.2, 0.25) is 0 Å². The molecular formula is C11H16O3. The van der Waals surface area contributed by atoms with Crippen molar-refractivity contribution in [2.75, 3.05) is 14.2 Å². The van der Waals surface area contributed by atoms with Gasteiger partial charge in [-0.3, -0.25) is 4.79 Å². The lowest BCUT2D eigenvalue weighted by molar-refractivity contribution is -0.140. The number of allylic oxidation sites excluding steroid dienone is 3. The maximum Gasteiger partial charge on any atom is 0.305 e. The monoisotopic (exact) mass is 196 g/mol. The van der Waals surface area contributed by atoms with Gasteiger partial charge in [0.25, 0.3) is 0 Å². The van der Waals surface area contributed by atoms with Crippen molar-refractivity contribution in [1.29, 1.82) is 0 Å². The van der Waals surface area contributed by atoms with Gasteiger partial charge < -0.3 is 9.47 Å². The molecule has 0 N–H and O–H groups in total. The summed E-state index contributed by atoms with van der Waals surface area (Å²) in [6.45, 7) is 0. The second kappa shape index (κ2) is 5.47. The van der Waals surface area contributed by atoms with E-state index in [4.69, 9.17) is 4.74 Å². The molecule has 0 radical (unpaired) electrons. The highest BCUT2D eigenvalue weighted by Gasteiger charge is 2.09. The molecule has 1 aliphatic carbocycles.